The van der Waals surface area contributed by atoms with Gasteiger partial charge < -0.3 is 9.47 Å². The van der Waals surface area contributed by atoms with Crippen molar-refractivity contribution in [3.05, 3.63) is 59.7 Å². The second-order valence-corrected chi connectivity index (χ2v) is 6.68. The summed E-state index contributed by atoms with van der Waals surface area (Å²) in [6.07, 6.45) is 0.409. The molecule has 0 aromatic carbocycles. The molecule has 0 saturated carbocycles. The summed E-state index contributed by atoms with van der Waals surface area (Å²) in [5, 5.41) is 3.99. The number of alkyl halides is 3. The first-order valence-electron chi connectivity index (χ1n) is 9.50. The lowest BCUT2D eigenvalue weighted by molar-refractivity contribution is -0.137. The third-order valence-corrected chi connectivity index (χ3v) is 4.48. The van der Waals surface area contributed by atoms with Gasteiger partial charge in [-0.2, -0.15) is 18.3 Å². The molecule has 0 fully saturated rings. The van der Waals surface area contributed by atoms with Gasteiger partial charge in [0.2, 0.25) is 0 Å². The van der Waals surface area contributed by atoms with E-state index in [1.54, 1.807) is 37.6 Å². The average Bonchev–Trinajstić information content (AvgIpc) is 3.23. The predicted octanol–water partition coefficient (Wildman–Crippen LogP) is 3.87. The Morgan fingerprint density at radius 3 is 2.77 bits per heavy atom. The predicted molar refractivity (Wildman–Crippen MR) is 106 cm³/mol. The first kappa shape index (κ1) is 22.4. The maximum absolute atomic E-state index is 12.6. The second-order valence-electron chi connectivity index (χ2n) is 6.68. The number of aryl methyl sites for hydroxylation is 1. The van der Waals surface area contributed by atoms with Gasteiger partial charge in [-0.05, 0) is 18.2 Å². The van der Waals surface area contributed by atoms with Gasteiger partial charge in [0.25, 0.3) is 0 Å². The minimum atomic E-state index is -4.28. The van der Waals surface area contributed by atoms with Gasteiger partial charge in [-0.15, -0.1) is 0 Å². The largest absolute Gasteiger partial charge is 0.486 e. The Morgan fingerprint density at radius 2 is 2.03 bits per heavy atom. The van der Waals surface area contributed by atoms with Gasteiger partial charge in [-0.25, -0.2) is 0 Å². The van der Waals surface area contributed by atoms with Gasteiger partial charge >= 0.3 is 6.18 Å². The van der Waals surface area contributed by atoms with Gasteiger partial charge in [0.1, 0.15) is 12.4 Å². The van der Waals surface area contributed by atoms with Crippen molar-refractivity contribution >= 4 is 6.29 Å². The summed E-state index contributed by atoms with van der Waals surface area (Å²) in [5.74, 6) is 0.302. The topological polar surface area (TPSA) is 79.1 Å². The first-order chi connectivity index (χ1) is 14.9. The summed E-state index contributed by atoms with van der Waals surface area (Å²) in [7, 11) is 1.58. The number of methoxy groups -OCH3 is 1. The van der Waals surface area contributed by atoms with Crippen LogP contribution in [-0.2, 0) is 24.3 Å². The van der Waals surface area contributed by atoms with Crippen LogP contribution in [0.2, 0.25) is 0 Å². The molecule has 10 heteroatoms. The molecular formula is C21H21F3N4O3. The number of aldehydes is 1. The van der Waals surface area contributed by atoms with Crippen molar-refractivity contribution in [3.63, 3.8) is 0 Å². The van der Waals surface area contributed by atoms with Crippen LogP contribution < -0.4 is 4.74 Å². The number of halogens is 3. The molecule has 0 N–H and O–H groups in total. The van der Waals surface area contributed by atoms with E-state index in [-0.39, 0.29) is 13.2 Å². The summed E-state index contributed by atoms with van der Waals surface area (Å²) in [5.41, 5.74) is 2.59. The van der Waals surface area contributed by atoms with Crippen LogP contribution in [-0.4, -0.2) is 45.9 Å². The molecule has 0 spiro atoms. The Morgan fingerprint density at radius 1 is 1.19 bits per heavy atom. The Balaban J connectivity index is 1.78. The highest BCUT2D eigenvalue weighted by atomic mass is 19.4. The minimum absolute atomic E-state index is 0.0492. The number of pyridine rings is 2. The molecule has 0 aliphatic carbocycles. The lowest BCUT2D eigenvalue weighted by Crippen LogP contribution is -2.14. The fourth-order valence-electron chi connectivity index (χ4n) is 2.95. The number of carbonyl (C=O) groups excluding carboxylic acids is 1. The van der Waals surface area contributed by atoms with Crippen molar-refractivity contribution in [2.75, 3.05) is 13.7 Å². The molecule has 31 heavy (non-hydrogen) atoms. The number of aromatic nitrogens is 4. The van der Waals surface area contributed by atoms with E-state index in [4.69, 9.17) is 9.47 Å². The van der Waals surface area contributed by atoms with Crippen LogP contribution >= 0.6 is 0 Å². The molecule has 7 nitrogen and oxygen atoms in total. The molecule has 0 atom stereocenters. The summed E-state index contributed by atoms with van der Waals surface area (Å²) in [6.45, 7) is 0.213. The van der Waals surface area contributed by atoms with Crippen LogP contribution in [0.5, 0.6) is 5.75 Å². The van der Waals surface area contributed by atoms with Gasteiger partial charge in [-0.3, -0.25) is 19.4 Å². The van der Waals surface area contributed by atoms with Crippen LogP contribution in [0.3, 0.4) is 0 Å². The Hall–Kier alpha value is -3.27. The maximum Gasteiger partial charge on any atom is 0.390 e. The van der Waals surface area contributed by atoms with Crippen molar-refractivity contribution in [2.24, 2.45) is 0 Å². The molecule has 0 unspecified atom stereocenters. The van der Waals surface area contributed by atoms with Crippen LogP contribution in [0.4, 0.5) is 13.2 Å². The molecule has 3 aromatic rings. The smallest absolute Gasteiger partial charge is 0.390 e. The van der Waals surface area contributed by atoms with Crippen molar-refractivity contribution in [1.82, 2.24) is 19.7 Å². The van der Waals surface area contributed by atoms with Gasteiger partial charge in [0, 0.05) is 37.2 Å². The van der Waals surface area contributed by atoms with Crippen LogP contribution in [0, 0.1) is 0 Å². The van der Waals surface area contributed by atoms with Gasteiger partial charge in [0.05, 0.1) is 42.7 Å². The zero-order valence-electron chi connectivity index (χ0n) is 16.8. The maximum atomic E-state index is 12.6. The van der Waals surface area contributed by atoms with E-state index in [9.17, 15) is 18.0 Å². The highest BCUT2D eigenvalue weighted by Gasteiger charge is 2.27. The van der Waals surface area contributed by atoms with Gasteiger partial charge in [-0.1, -0.05) is 6.07 Å². The molecule has 0 amide bonds. The molecule has 3 heterocycles. The third-order valence-electron chi connectivity index (χ3n) is 4.48. The van der Waals surface area contributed by atoms with E-state index < -0.39 is 12.6 Å². The van der Waals surface area contributed by atoms with Crippen molar-refractivity contribution < 1.29 is 27.4 Å². The number of rotatable bonds is 10. The van der Waals surface area contributed by atoms with E-state index in [2.05, 4.69) is 15.1 Å². The lowest BCUT2D eigenvalue weighted by atomic mass is 10.1. The monoisotopic (exact) mass is 434 g/mol. The van der Waals surface area contributed by atoms with Gasteiger partial charge in [0.15, 0.2) is 6.29 Å². The number of nitrogens with zero attached hydrogens (tertiary/aromatic N) is 4. The molecule has 0 aliphatic heterocycles. The number of ether oxygens (including phenoxy) is 2. The molecule has 0 saturated heterocycles. The quantitative estimate of drug-likeness (QED) is 0.451. The van der Waals surface area contributed by atoms with E-state index >= 15 is 0 Å². The Labute approximate surface area is 176 Å². The van der Waals surface area contributed by atoms with E-state index in [1.165, 1.54) is 17.1 Å². The Bertz CT molecular complexity index is 1020. The average molecular weight is 434 g/mol. The summed E-state index contributed by atoms with van der Waals surface area (Å²) >= 11 is 0. The molecule has 0 radical (unpaired) electrons. The fraction of sp³-hybridized carbons (Fsp3) is 0.333. The normalized spacial score (nSPS) is 11.5. The SMILES string of the molecule is COCCc1cc(C=O)c(OCc2cccnc2-c2ccnn2CCC(F)(F)F)cn1. The lowest BCUT2D eigenvalue weighted by Gasteiger charge is -2.14. The zero-order valence-corrected chi connectivity index (χ0v) is 16.8. The summed E-state index contributed by atoms with van der Waals surface area (Å²) in [6, 6.07) is 6.69. The van der Waals surface area contributed by atoms with E-state index in [0.717, 1.165) is 0 Å². The Kier molecular flexibility index (Phi) is 7.35. The molecule has 0 bridgehead atoms. The summed E-state index contributed by atoms with van der Waals surface area (Å²) < 4.78 is 49.9. The molecule has 0 aliphatic rings. The minimum Gasteiger partial charge on any atom is -0.486 e. The molecule has 164 valence electrons. The van der Waals surface area contributed by atoms with E-state index in [0.29, 0.717) is 53.3 Å². The van der Waals surface area contributed by atoms with Crippen molar-refractivity contribution in [1.29, 1.82) is 0 Å². The third kappa shape index (κ3) is 6.11. The van der Waals surface area contributed by atoms with Crippen molar-refractivity contribution in [2.45, 2.75) is 32.2 Å². The first-order valence-corrected chi connectivity index (χ1v) is 9.50. The summed E-state index contributed by atoms with van der Waals surface area (Å²) in [4.78, 5) is 20.0. The number of hydrogen-bond acceptors (Lipinski definition) is 6. The molecule has 3 aromatic heterocycles. The fourth-order valence-corrected chi connectivity index (χ4v) is 2.95. The highest BCUT2D eigenvalue weighted by molar-refractivity contribution is 5.79. The second kappa shape index (κ2) is 10.2. The standard InChI is InChI=1S/C21H21F3N4O3/c1-30-10-5-17-11-16(13-29)19(12-26-17)31-14-15-3-2-7-25-20(15)18-4-8-27-28(18)9-6-21(22,23)24/h2-4,7-8,11-13H,5-6,9-10,14H2,1H3. The molecular weight excluding hydrogens is 413 g/mol. The van der Waals surface area contributed by atoms with Crippen LogP contribution in [0.15, 0.2) is 42.9 Å². The van der Waals surface area contributed by atoms with E-state index in [1.807, 2.05) is 0 Å². The van der Waals surface area contributed by atoms with Crippen molar-refractivity contribution in [3.8, 4) is 17.1 Å². The highest BCUT2D eigenvalue weighted by Crippen LogP contribution is 2.26. The number of carbonyl (C=O) groups is 1. The zero-order chi connectivity index (χ0) is 22.3. The molecule has 3 rings (SSSR count). The van der Waals surface area contributed by atoms with Crippen LogP contribution in [0.25, 0.3) is 11.4 Å². The van der Waals surface area contributed by atoms with Crippen LogP contribution in [0.1, 0.15) is 28.0 Å². The number of hydrogen-bond donors (Lipinski definition) is 0.